The summed E-state index contributed by atoms with van der Waals surface area (Å²) < 4.78 is 9.92. The highest BCUT2D eigenvalue weighted by Crippen LogP contribution is 2.11. The Labute approximate surface area is 106 Å². The molecule has 6 heteroatoms. The normalized spacial score (nSPS) is 10.3. The summed E-state index contributed by atoms with van der Waals surface area (Å²) in [5, 5.41) is 9.31. The lowest BCUT2D eigenvalue weighted by molar-refractivity contribution is 0.0626. The van der Waals surface area contributed by atoms with Crippen LogP contribution in [-0.2, 0) is 9.47 Å². The van der Waals surface area contributed by atoms with E-state index in [0.717, 1.165) is 0 Å². The molecule has 0 saturated heterocycles. The van der Waals surface area contributed by atoms with Crippen LogP contribution in [0.15, 0.2) is 18.5 Å². The Morgan fingerprint density at radius 1 is 1.28 bits per heavy atom. The molecule has 0 radical (unpaired) electrons. The molecule has 1 rings (SSSR count). The molecular weight excluding hydrogens is 236 g/mol. The predicted octanol–water partition coefficient (Wildman–Crippen LogP) is 0.522. The largest absolute Gasteiger partial charge is 0.506 e. The maximum absolute atomic E-state index is 12.2. The number of hydrogen-bond donors (Lipinski definition) is 1. The number of carbonyl (C=O) groups is 1. The van der Waals surface area contributed by atoms with Crippen molar-refractivity contribution in [2.24, 2.45) is 0 Å². The summed E-state index contributed by atoms with van der Waals surface area (Å²) in [6.07, 6.45) is 2.71. The van der Waals surface area contributed by atoms with Crippen LogP contribution in [0.25, 0.3) is 0 Å². The second-order valence-corrected chi connectivity index (χ2v) is 3.71. The first-order valence-electron chi connectivity index (χ1n) is 5.60. The van der Waals surface area contributed by atoms with Gasteiger partial charge < -0.3 is 19.5 Å². The van der Waals surface area contributed by atoms with Gasteiger partial charge in [0.2, 0.25) is 0 Å². The topological polar surface area (TPSA) is 71.9 Å². The summed E-state index contributed by atoms with van der Waals surface area (Å²) in [4.78, 5) is 17.6. The molecule has 1 aromatic heterocycles. The number of amides is 1. The Morgan fingerprint density at radius 3 is 2.39 bits per heavy atom. The van der Waals surface area contributed by atoms with Crippen molar-refractivity contribution < 1.29 is 19.4 Å². The van der Waals surface area contributed by atoms with Crippen molar-refractivity contribution in [3.8, 4) is 5.75 Å². The van der Waals surface area contributed by atoms with Crippen LogP contribution in [0.1, 0.15) is 10.4 Å². The number of pyridine rings is 1. The van der Waals surface area contributed by atoms with Gasteiger partial charge in [-0.3, -0.25) is 9.78 Å². The van der Waals surface area contributed by atoms with E-state index in [0.29, 0.717) is 31.9 Å². The first-order chi connectivity index (χ1) is 8.69. The molecule has 0 fully saturated rings. The maximum atomic E-state index is 12.2. The van der Waals surface area contributed by atoms with Gasteiger partial charge in [0.05, 0.1) is 25.0 Å². The molecule has 1 N–H and O–H groups in total. The van der Waals surface area contributed by atoms with Crippen LogP contribution in [0.3, 0.4) is 0 Å². The highest BCUT2D eigenvalue weighted by atomic mass is 16.5. The van der Waals surface area contributed by atoms with Gasteiger partial charge in [-0.1, -0.05) is 0 Å². The predicted molar refractivity (Wildman–Crippen MR) is 65.6 cm³/mol. The zero-order valence-corrected chi connectivity index (χ0v) is 10.6. The summed E-state index contributed by atoms with van der Waals surface area (Å²) in [6.45, 7) is 1.83. The Morgan fingerprint density at radius 2 is 1.89 bits per heavy atom. The molecule has 0 aliphatic carbocycles. The Kier molecular flexibility index (Phi) is 6.10. The van der Waals surface area contributed by atoms with Crippen molar-refractivity contribution >= 4 is 5.91 Å². The lowest BCUT2D eigenvalue weighted by Crippen LogP contribution is -2.36. The zero-order valence-electron chi connectivity index (χ0n) is 10.6. The molecule has 6 nitrogen and oxygen atoms in total. The molecule has 1 aromatic rings. The van der Waals surface area contributed by atoms with E-state index in [1.807, 2.05) is 0 Å². The lowest BCUT2D eigenvalue weighted by Gasteiger charge is -2.21. The lowest BCUT2D eigenvalue weighted by atomic mass is 10.2. The summed E-state index contributed by atoms with van der Waals surface area (Å²) in [6, 6.07) is 1.39. The molecule has 100 valence electrons. The molecule has 1 amide bonds. The average molecular weight is 254 g/mol. The van der Waals surface area contributed by atoms with Crippen LogP contribution >= 0.6 is 0 Å². The zero-order chi connectivity index (χ0) is 13.4. The van der Waals surface area contributed by atoms with Crippen LogP contribution in [0, 0.1) is 0 Å². The quantitative estimate of drug-likeness (QED) is 0.768. The summed E-state index contributed by atoms with van der Waals surface area (Å²) in [5.41, 5.74) is 0.349. The van der Waals surface area contributed by atoms with Crippen molar-refractivity contribution in [3.05, 3.63) is 24.0 Å². The van der Waals surface area contributed by atoms with E-state index < -0.39 is 0 Å². The fourth-order valence-corrected chi connectivity index (χ4v) is 1.45. The fraction of sp³-hybridized carbons (Fsp3) is 0.500. The fourth-order valence-electron chi connectivity index (χ4n) is 1.45. The molecule has 0 unspecified atom stereocenters. The van der Waals surface area contributed by atoms with Gasteiger partial charge in [0.25, 0.3) is 5.91 Å². The van der Waals surface area contributed by atoms with E-state index in [9.17, 15) is 9.90 Å². The number of aromatic hydroxyl groups is 1. The van der Waals surface area contributed by atoms with Gasteiger partial charge >= 0.3 is 0 Å². The van der Waals surface area contributed by atoms with Gasteiger partial charge in [-0.25, -0.2) is 0 Å². The van der Waals surface area contributed by atoms with E-state index in [2.05, 4.69) is 4.98 Å². The highest BCUT2D eigenvalue weighted by Gasteiger charge is 2.16. The average Bonchev–Trinajstić information content (AvgIpc) is 2.38. The molecule has 0 atom stereocenters. The first-order valence-corrected chi connectivity index (χ1v) is 5.60. The van der Waals surface area contributed by atoms with E-state index in [4.69, 9.17) is 9.47 Å². The standard InChI is InChI=1S/C12H18N2O4/c1-17-5-3-14(4-6-18-2)12(16)10-7-11(15)9-13-8-10/h7-9,15H,3-6H2,1-2H3. The third kappa shape index (κ3) is 4.31. The van der Waals surface area contributed by atoms with Gasteiger partial charge in [0.15, 0.2) is 0 Å². The minimum atomic E-state index is -0.201. The van der Waals surface area contributed by atoms with Crippen molar-refractivity contribution in [1.29, 1.82) is 0 Å². The SMILES string of the molecule is COCCN(CCOC)C(=O)c1cncc(O)c1. The molecule has 0 spiro atoms. The molecule has 0 bridgehead atoms. The Hall–Kier alpha value is -1.66. The molecular formula is C12H18N2O4. The third-order valence-electron chi connectivity index (χ3n) is 2.39. The maximum Gasteiger partial charge on any atom is 0.255 e. The number of ether oxygens (including phenoxy) is 2. The number of carbonyl (C=O) groups excluding carboxylic acids is 1. The van der Waals surface area contributed by atoms with Crippen molar-refractivity contribution in [2.45, 2.75) is 0 Å². The second kappa shape index (κ2) is 7.62. The van der Waals surface area contributed by atoms with E-state index in [-0.39, 0.29) is 11.7 Å². The smallest absolute Gasteiger partial charge is 0.255 e. The van der Waals surface area contributed by atoms with Gasteiger partial charge in [-0.05, 0) is 6.07 Å². The minimum Gasteiger partial charge on any atom is -0.506 e. The third-order valence-corrected chi connectivity index (χ3v) is 2.39. The van der Waals surface area contributed by atoms with E-state index in [1.54, 1.807) is 19.1 Å². The number of nitrogens with zero attached hydrogens (tertiary/aromatic N) is 2. The van der Waals surface area contributed by atoms with Crippen molar-refractivity contribution in [1.82, 2.24) is 9.88 Å². The van der Waals surface area contributed by atoms with Crippen LogP contribution < -0.4 is 0 Å². The van der Waals surface area contributed by atoms with Crippen LogP contribution in [0.2, 0.25) is 0 Å². The Balaban J connectivity index is 2.73. The highest BCUT2D eigenvalue weighted by molar-refractivity contribution is 5.94. The molecule has 0 aliphatic heterocycles. The van der Waals surface area contributed by atoms with Gasteiger partial charge in [0, 0.05) is 33.5 Å². The number of rotatable bonds is 7. The van der Waals surface area contributed by atoms with Crippen LogP contribution in [0.5, 0.6) is 5.75 Å². The van der Waals surface area contributed by atoms with Crippen LogP contribution in [-0.4, -0.2) is 61.4 Å². The second-order valence-electron chi connectivity index (χ2n) is 3.71. The van der Waals surface area contributed by atoms with Gasteiger partial charge in [-0.2, -0.15) is 0 Å². The molecule has 0 aliphatic rings. The Bertz CT molecular complexity index is 376. The number of hydrogen-bond acceptors (Lipinski definition) is 5. The summed E-state index contributed by atoms with van der Waals surface area (Å²) in [5.74, 6) is -0.230. The molecule has 1 heterocycles. The van der Waals surface area contributed by atoms with Crippen LogP contribution in [0.4, 0.5) is 0 Å². The molecule has 0 saturated carbocycles. The van der Waals surface area contributed by atoms with Crippen molar-refractivity contribution in [3.63, 3.8) is 0 Å². The van der Waals surface area contributed by atoms with Crippen molar-refractivity contribution in [2.75, 3.05) is 40.5 Å². The molecule has 18 heavy (non-hydrogen) atoms. The number of methoxy groups -OCH3 is 2. The summed E-state index contributed by atoms with van der Waals surface area (Å²) in [7, 11) is 3.16. The monoisotopic (exact) mass is 254 g/mol. The number of aromatic nitrogens is 1. The van der Waals surface area contributed by atoms with E-state index in [1.165, 1.54) is 18.5 Å². The first kappa shape index (κ1) is 14.4. The minimum absolute atomic E-state index is 0.0284. The van der Waals surface area contributed by atoms with Gasteiger partial charge in [0.1, 0.15) is 5.75 Å². The molecule has 0 aromatic carbocycles. The van der Waals surface area contributed by atoms with E-state index >= 15 is 0 Å². The summed E-state index contributed by atoms with van der Waals surface area (Å²) >= 11 is 0. The van der Waals surface area contributed by atoms with Gasteiger partial charge in [-0.15, -0.1) is 0 Å².